The van der Waals surface area contributed by atoms with E-state index in [4.69, 9.17) is 11.6 Å². The Morgan fingerprint density at radius 2 is 1.74 bits per heavy atom. The number of nitrogens with zero attached hydrogens (tertiary/aromatic N) is 2. The van der Waals surface area contributed by atoms with E-state index in [1.807, 2.05) is 0 Å². The van der Waals surface area contributed by atoms with Gasteiger partial charge in [0.15, 0.2) is 0 Å². The lowest BCUT2D eigenvalue weighted by Gasteiger charge is -2.31. The maximum Gasteiger partial charge on any atom is 0.253 e. The van der Waals surface area contributed by atoms with Crippen LogP contribution in [0.5, 0.6) is 0 Å². The lowest BCUT2D eigenvalue weighted by molar-refractivity contribution is 0.0696. The molecule has 1 saturated carbocycles. The van der Waals surface area contributed by atoms with Gasteiger partial charge in [0.25, 0.3) is 5.91 Å². The van der Waals surface area contributed by atoms with Crippen molar-refractivity contribution in [1.29, 1.82) is 0 Å². The van der Waals surface area contributed by atoms with Gasteiger partial charge in [-0.15, -0.1) is 0 Å². The molecule has 1 aliphatic carbocycles. The highest BCUT2D eigenvalue weighted by Crippen LogP contribution is 2.27. The Morgan fingerprint density at radius 1 is 1.13 bits per heavy atom. The van der Waals surface area contributed by atoms with Crippen molar-refractivity contribution in [2.24, 2.45) is 0 Å². The fourth-order valence-electron chi connectivity index (χ4n) is 2.87. The van der Waals surface area contributed by atoms with Gasteiger partial charge in [0.1, 0.15) is 4.90 Å². The van der Waals surface area contributed by atoms with Crippen LogP contribution in [0.2, 0.25) is 5.02 Å². The molecule has 5 nitrogen and oxygen atoms in total. The molecule has 0 radical (unpaired) electrons. The molecule has 23 heavy (non-hydrogen) atoms. The lowest BCUT2D eigenvalue weighted by atomic mass is 9.94. The van der Waals surface area contributed by atoms with Gasteiger partial charge < -0.3 is 4.90 Å². The molecular weight excluding hydrogens is 336 g/mol. The number of amides is 1. The zero-order valence-electron chi connectivity index (χ0n) is 13.8. The Bertz CT molecular complexity index is 683. The third-order valence-electron chi connectivity index (χ3n) is 4.38. The molecular formula is C16H23ClN2O3S. The van der Waals surface area contributed by atoms with Crippen LogP contribution in [0.4, 0.5) is 0 Å². The van der Waals surface area contributed by atoms with Gasteiger partial charge in [-0.05, 0) is 31.0 Å². The van der Waals surface area contributed by atoms with Gasteiger partial charge in [-0.3, -0.25) is 4.79 Å². The molecule has 0 atom stereocenters. The van der Waals surface area contributed by atoms with Crippen molar-refractivity contribution < 1.29 is 13.2 Å². The number of halogens is 1. The molecule has 0 saturated heterocycles. The molecule has 0 aliphatic heterocycles. The summed E-state index contributed by atoms with van der Waals surface area (Å²) in [6.45, 7) is 0. The van der Waals surface area contributed by atoms with Gasteiger partial charge in [-0.1, -0.05) is 30.9 Å². The second-order valence-electron chi connectivity index (χ2n) is 6.14. The molecule has 2 rings (SSSR count). The summed E-state index contributed by atoms with van der Waals surface area (Å²) in [6.07, 6.45) is 5.47. The Labute approximate surface area is 143 Å². The monoisotopic (exact) mass is 358 g/mol. The second kappa shape index (κ2) is 7.20. The van der Waals surface area contributed by atoms with Crippen LogP contribution in [0.1, 0.15) is 42.5 Å². The highest BCUT2D eigenvalue weighted by atomic mass is 35.5. The van der Waals surface area contributed by atoms with Crippen molar-refractivity contribution in [3.8, 4) is 0 Å². The molecule has 1 amide bonds. The Balaban J connectivity index is 2.31. The van der Waals surface area contributed by atoms with Crippen LogP contribution in [0.25, 0.3) is 0 Å². The van der Waals surface area contributed by atoms with Crippen molar-refractivity contribution >= 4 is 27.5 Å². The highest BCUT2D eigenvalue weighted by Gasteiger charge is 2.26. The van der Waals surface area contributed by atoms with E-state index in [2.05, 4.69) is 0 Å². The smallest absolute Gasteiger partial charge is 0.253 e. The summed E-state index contributed by atoms with van der Waals surface area (Å²) in [6, 6.07) is 4.65. The minimum Gasteiger partial charge on any atom is -0.339 e. The molecule has 1 aromatic rings. The minimum absolute atomic E-state index is 0.0351. The van der Waals surface area contributed by atoms with Crippen molar-refractivity contribution in [3.63, 3.8) is 0 Å². The van der Waals surface area contributed by atoms with Crippen LogP contribution >= 0.6 is 11.6 Å². The zero-order chi connectivity index (χ0) is 17.2. The summed E-state index contributed by atoms with van der Waals surface area (Å²) in [5.74, 6) is -0.163. The first-order chi connectivity index (χ1) is 10.7. The van der Waals surface area contributed by atoms with E-state index in [1.165, 1.54) is 32.6 Å². The van der Waals surface area contributed by atoms with Crippen molar-refractivity contribution in [3.05, 3.63) is 28.8 Å². The third kappa shape index (κ3) is 3.87. The van der Waals surface area contributed by atoms with Gasteiger partial charge >= 0.3 is 0 Å². The van der Waals surface area contributed by atoms with E-state index in [0.29, 0.717) is 5.56 Å². The normalized spacial score (nSPS) is 16.6. The van der Waals surface area contributed by atoms with Gasteiger partial charge in [0, 0.05) is 32.7 Å². The van der Waals surface area contributed by atoms with Crippen LogP contribution in [0.15, 0.2) is 23.1 Å². The molecule has 1 aromatic carbocycles. The average molecular weight is 359 g/mol. The predicted molar refractivity (Wildman–Crippen MR) is 91.3 cm³/mol. The first kappa shape index (κ1) is 18.2. The number of rotatable bonds is 4. The largest absolute Gasteiger partial charge is 0.339 e. The summed E-state index contributed by atoms with van der Waals surface area (Å²) < 4.78 is 25.7. The first-order valence-corrected chi connectivity index (χ1v) is 9.56. The Morgan fingerprint density at radius 3 is 2.30 bits per heavy atom. The lowest BCUT2D eigenvalue weighted by Crippen LogP contribution is -2.38. The molecule has 128 valence electrons. The number of benzene rings is 1. The third-order valence-corrected chi connectivity index (χ3v) is 6.68. The first-order valence-electron chi connectivity index (χ1n) is 7.74. The fraction of sp³-hybridized carbons (Fsp3) is 0.562. The van der Waals surface area contributed by atoms with E-state index < -0.39 is 10.0 Å². The van der Waals surface area contributed by atoms with E-state index >= 15 is 0 Å². The van der Waals surface area contributed by atoms with E-state index in [1.54, 1.807) is 18.0 Å². The van der Waals surface area contributed by atoms with Crippen molar-refractivity contribution in [1.82, 2.24) is 9.21 Å². The number of hydrogen-bond donors (Lipinski definition) is 0. The molecule has 1 fully saturated rings. The molecule has 0 spiro atoms. The summed E-state index contributed by atoms with van der Waals surface area (Å²) in [4.78, 5) is 14.4. The van der Waals surface area contributed by atoms with Crippen molar-refractivity contribution in [2.45, 2.75) is 43.0 Å². The molecule has 0 aromatic heterocycles. The minimum atomic E-state index is -3.68. The molecule has 0 unspecified atom stereocenters. The molecule has 0 bridgehead atoms. The zero-order valence-corrected chi connectivity index (χ0v) is 15.3. The molecule has 0 heterocycles. The number of sulfonamides is 1. The van der Waals surface area contributed by atoms with Gasteiger partial charge in [0.2, 0.25) is 10.0 Å². The number of carbonyl (C=O) groups is 1. The molecule has 7 heteroatoms. The summed E-state index contributed by atoms with van der Waals surface area (Å²) in [5, 5.41) is 0.121. The SMILES string of the molecule is CN(C(=O)c1ccc(Cl)c(S(=O)(=O)N(C)C)c1)C1CCCCC1. The Hall–Kier alpha value is -1.11. The molecule has 0 N–H and O–H groups in total. The quantitative estimate of drug-likeness (QED) is 0.831. The van der Waals surface area contributed by atoms with Crippen LogP contribution in [0.3, 0.4) is 0 Å². The number of hydrogen-bond acceptors (Lipinski definition) is 3. The highest BCUT2D eigenvalue weighted by molar-refractivity contribution is 7.89. The Kier molecular flexibility index (Phi) is 5.70. The maximum absolute atomic E-state index is 12.7. The summed E-state index contributed by atoms with van der Waals surface area (Å²) in [7, 11) is 0.979. The van der Waals surface area contributed by atoms with Gasteiger partial charge in [0.05, 0.1) is 5.02 Å². The average Bonchev–Trinajstić information content (AvgIpc) is 2.54. The van der Waals surface area contributed by atoms with E-state index in [9.17, 15) is 13.2 Å². The van der Waals surface area contributed by atoms with Gasteiger partial charge in [-0.25, -0.2) is 12.7 Å². The van der Waals surface area contributed by atoms with Crippen molar-refractivity contribution in [2.75, 3.05) is 21.1 Å². The molecule has 1 aliphatic rings. The van der Waals surface area contributed by atoms with Crippen LogP contribution < -0.4 is 0 Å². The van der Waals surface area contributed by atoms with Gasteiger partial charge in [-0.2, -0.15) is 0 Å². The van der Waals surface area contributed by atoms with Crippen LogP contribution in [0, 0.1) is 0 Å². The standard InChI is InChI=1S/C16H23ClN2O3S/c1-18(2)23(21,22)15-11-12(9-10-14(15)17)16(20)19(3)13-7-5-4-6-8-13/h9-11,13H,4-8H2,1-3H3. The summed E-state index contributed by atoms with van der Waals surface area (Å²) >= 11 is 6.03. The maximum atomic E-state index is 12.7. The van der Waals surface area contributed by atoms with Crippen LogP contribution in [-0.2, 0) is 10.0 Å². The fourth-order valence-corrected chi connectivity index (χ4v) is 4.26. The predicted octanol–water partition coefficient (Wildman–Crippen LogP) is 3.00. The van der Waals surface area contributed by atoms with E-state index in [-0.39, 0.29) is 21.9 Å². The van der Waals surface area contributed by atoms with Crippen LogP contribution in [-0.4, -0.2) is 50.7 Å². The topological polar surface area (TPSA) is 57.7 Å². The van der Waals surface area contributed by atoms with E-state index in [0.717, 1.165) is 30.0 Å². The number of carbonyl (C=O) groups excluding carboxylic acids is 1. The summed E-state index contributed by atoms with van der Waals surface area (Å²) in [5.41, 5.74) is 0.350. The second-order valence-corrected chi connectivity index (χ2v) is 8.67.